The number of rotatable bonds is 7. The van der Waals surface area contributed by atoms with E-state index in [1.165, 1.54) is 11.8 Å². The topological polar surface area (TPSA) is 102 Å². The van der Waals surface area contributed by atoms with Gasteiger partial charge in [0.2, 0.25) is 0 Å². The van der Waals surface area contributed by atoms with Crippen LogP contribution >= 0.6 is 11.8 Å². The molecule has 0 saturated carbocycles. The van der Waals surface area contributed by atoms with Gasteiger partial charge in [-0.05, 0) is 36.4 Å². The highest BCUT2D eigenvalue weighted by molar-refractivity contribution is 7.99. The van der Waals surface area contributed by atoms with Gasteiger partial charge in [-0.2, -0.15) is 0 Å². The Morgan fingerprint density at radius 3 is 1.74 bits per heavy atom. The third kappa shape index (κ3) is 5.66. The maximum absolute atomic E-state index is 12.9. The standard InChI is InChI=1S/C26H24O7S/c27-16-20-21(28)22(32-24(29)17-10-4-1-5-11-17)23(33-25(30)18-12-6-2-7-13-18)26(31-20)34-19-14-8-3-9-15-19/h1-15,20-23,26-28H,16H2/t20-,21-,22+,23-,26+/m1/s1. The fourth-order valence-corrected chi connectivity index (χ4v) is 4.69. The Morgan fingerprint density at radius 1 is 0.765 bits per heavy atom. The normalized spacial score (nSPS) is 24.2. The van der Waals surface area contributed by atoms with E-state index in [0.29, 0.717) is 5.56 Å². The van der Waals surface area contributed by atoms with Gasteiger partial charge in [0.25, 0.3) is 0 Å². The molecule has 1 aliphatic rings. The summed E-state index contributed by atoms with van der Waals surface area (Å²) in [4.78, 5) is 26.6. The van der Waals surface area contributed by atoms with E-state index in [0.717, 1.165) is 4.90 Å². The lowest BCUT2D eigenvalue weighted by Gasteiger charge is -2.42. The second-order valence-corrected chi connectivity index (χ2v) is 8.79. The van der Waals surface area contributed by atoms with Gasteiger partial charge in [-0.3, -0.25) is 0 Å². The Balaban J connectivity index is 1.65. The number of aliphatic hydroxyl groups excluding tert-OH is 2. The highest BCUT2D eigenvalue weighted by atomic mass is 32.2. The van der Waals surface area contributed by atoms with Crippen molar-refractivity contribution in [2.24, 2.45) is 0 Å². The van der Waals surface area contributed by atoms with Gasteiger partial charge in [0.1, 0.15) is 17.6 Å². The lowest BCUT2D eigenvalue weighted by molar-refractivity contribution is -0.206. The molecule has 5 atom stereocenters. The molecule has 0 aliphatic carbocycles. The second kappa shape index (κ2) is 11.3. The van der Waals surface area contributed by atoms with Gasteiger partial charge < -0.3 is 24.4 Å². The zero-order chi connectivity index (χ0) is 23.9. The van der Waals surface area contributed by atoms with E-state index in [4.69, 9.17) is 14.2 Å². The first kappa shape index (κ1) is 24.0. The molecule has 3 aromatic carbocycles. The van der Waals surface area contributed by atoms with Crippen LogP contribution in [0.25, 0.3) is 0 Å². The number of carbonyl (C=O) groups is 2. The van der Waals surface area contributed by atoms with Crippen LogP contribution < -0.4 is 0 Å². The summed E-state index contributed by atoms with van der Waals surface area (Å²) in [5, 5.41) is 20.7. The first-order valence-electron chi connectivity index (χ1n) is 10.7. The molecule has 0 spiro atoms. The molecule has 1 aliphatic heterocycles. The molecule has 2 N–H and O–H groups in total. The smallest absolute Gasteiger partial charge is 0.338 e. The summed E-state index contributed by atoms with van der Waals surface area (Å²) >= 11 is 1.24. The first-order chi connectivity index (χ1) is 16.6. The molecule has 1 saturated heterocycles. The lowest BCUT2D eigenvalue weighted by atomic mass is 9.99. The largest absolute Gasteiger partial charge is 0.452 e. The molecule has 0 amide bonds. The van der Waals surface area contributed by atoms with Gasteiger partial charge in [0, 0.05) is 4.90 Å². The number of hydrogen-bond acceptors (Lipinski definition) is 8. The molecule has 3 aromatic rings. The minimum atomic E-state index is -1.42. The Hall–Kier alpha value is -3.17. The van der Waals surface area contributed by atoms with Crippen LogP contribution in [0.2, 0.25) is 0 Å². The van der Waals surface area contributed by atoms with Gasteiger partial charge in [-0.15, -0.1) is 0 Å². The minimum Gasteiger partial charge on any atom is -0.452 e. The Bertz CT molecular complexity index is 1080. The van der Waals surface area contributed by atoms with Crippen molar-refractivity contribution in [3.05, 3.63) is 102 Å². The van der Waals surface area contributed by atoms with E-state index < -0.39 is 48.4 Å². The number of hydrogen-bond donors (Lipinski definition) is 2. The highest BCUT2D eigenvalue weighted by Crippen LogP contribution is 2.36. The van der Waals surface area contributed by atoms with E-state index >= 15 is 0 Å². The van der Waals surface area contributed by atoms with Crippen LogP contribution in [0.5, 0.6) is 0 Å². The molecule has 7 nitrogen and oxygen atoms in total. The molecular weight excluding hydrogens is 456 g/mol. The van der Waals surface area contributed by atoms with E-state index in [1.807, 2.05) is 30.3 Å². The molecule has 0 aromatic heterocycles. The van der Waals surface area contributed by atoms with Crippen LogP contribution in [0.1, 0.15) is 20.7 Å². The molecule has 0 bridgehead atoms. The van der Waals surface area contributed by atoms with Crippen LogP contribution in [-0.2, 0) is 14.2 Å². The van der Waals surface area contributed by atoms with Crippen LogP contribution in [0.4, 0.5) is 0 Å². The number of benzene rings is 3. The number of thioether (sulfide) groups is 1. The summed E-state index contributed by atoms with van der Waals surface area (Å²) in [5.41, 5.74) is -0.274. The summed E-state index contributed by atoms with van der Waals surface area (Å²) in [6.07, 6.45) is -4.88. The molecule has 0 radical (unpaired) electrons. The Kier molecular flexibility index (Phi) is 7.97. The predicted octanol–water partition coefficient (Wildman–Crippen LogP) is 3.31. The van der Waals surface area contributed by atoms with Gasteiger partial charge in [-0.25, -0.2) is 9.59 Å². The monoisotopic (exact) mass is 480 g/mol. The number of esters is 2. The van der Waals surface area contributed by atoms with Crippen molar-refractivity contribution in [3.8, 4) is 0 Å². The van der Waals surface area contributed by atoms with E-state index in [1.54, 1.807) is 60.7 Å². The summed E-state index contributed by atoms with van der Waals surface area (Å²) in [6.45, 7) is -0.508. The maximum Gasteiger partial charge on any atom is 0.338 e. The van der Waals surface area contributed by atoms with Crippen molar-refractivity contribution in [1.29, 1.82) is 0 Å². The van der Waals surface area contributed by atoms with E-state index in [9.17, 15) is 19.8 Å². The fraction of sp³-hybridized carbons (Fsp3) is 0.231. The molecule has 1 heterocycles. The van der Waals surface area contributed by atoms with Crippen molar-refractivity contribution in [3.63, 3.8) is 0 Å². The maximum atomic E-state index is 12.9. The first-order valence-corrected chi connectivity index (χ1v) is 11.6. The minimum absolute atomic E-state index is 0.280. The summed E-state index contributed by atoms with van der Waals surface area (Å²) < 4.78 is 17.4. The van der Waals surface area contributed by atoms with Gasteiger partial charge in [0.15, 0.2) is 12.2 Å². The lowest BCUT2D eigenvalue weighted by Crippen LogP contribution is -2.60. The zero-order valence-corrected chi connectivity index (χ0v) is 18.9. The summed E-state index contributed by atoms with van der Waals surface area (Å²) in [5.74, 6) is -1.34. The average molecular weight is 481 g/mol. The van der Waals surface area contributed by atoms with Gasteiger partial charge in [0.05, 0.1) is 17.7 Å². The molecule has 4 rings (SSSR count). The fourth-order valence-electron chi connectivity index (χ4n) is 3.56. The van der Waals surface area contributed by atoms with E-state index in [-0.39, 0.29) is 5.56 Å². The average Bonchev–Trinajstić information content (AvgIpc) is 2.89. The highest BCUT2D eigenvalue weighted by Gasteiger charge is 2.50. The van der Waals surface area contributed by atoms with Crippen molar-refractivity contribution in [2.45, 2.75) is 34.7 Å². The Labute approximate surface area is 201 Å². The number of ether oxygens (including phenoxy) is 3. The molecule has 8 heteroatoms. The van der Waals surface area contributed by atoms with Crippen LogP contribution in [0.3, 0.4) is 0 Å². The van der Waals surface area contributed by atoms with Gasteiger partial charge in [-0.1, -0.05) is 66.4 Å². The van der Waals surface area contributed by atoms with Crippen molar-refractivity contribution in [1.82, 2.24) is 0 Å². The van der Waals surface area contributed by atoms with Crippen LogP contribution in [0, 0.1) is 0 Å². The molecule has 176 valence electrons. The van der Waals surface area contributed by atoms with Crippen molar-refractivity contribution < 1.29 is 34.0 Å². The quantitative estimate of drug-likeness (QED) is 0.497. The van der Waals surface area contributed by atoms with Crippen molar-refractivity contribution in [2.75, 3.05) is 6.61 Å². The van der Waals surface area contributed by atoms with Crippen LogP contribution in [0.15, 0.2) is 95.9 Å². The molecular formula is C26H24O7S. The summed E-state index contributed by atoms with van der Waals surface area (Å²) in [7, 11) is 0. The van der Waals surface area contributed by atoms with Crippen molar-refractivity contribution >= 4 is 23.7 Å². The Morgan fingerprint density at radius 2 is 1.24 bits per heavy atom. The second-order valence-electron chi connectivity index (χ2n) is 7.62. The molecule has 34 heavy (non-hydrogen) atoms. The zero-order valence-electron chi connectivity index (χ0n) is 18.1. The number of aliphatic hydroxyl groups is 2. The molecule has 0 unspecified atom stereocenters. The predicted molar refractivity (Wildman–Crippen MR) is 125 cm³/mol. The number of carbonyl (C=O) groups excluding carboxylic acids is 2. The van der Waals surface area contributed by atoms with Crippen LogP contribution in [-0.4, -0.2) is 58.6 Å². The third-order valence-corrected chi connectivity index (χ3v) is 6.46. The third-order valence-electron chi connectivity index (χ3n) is 5.30. The molecule has 1 fully saturated rings. The SMILES string of the molecule is O=C(O[C@@H]1[C@@H](OC(=O)c2ccccc2)[C@H](O)[C@@H](CO)O[C@H]1Sc1ccccc1)c1ccccc1. The van der Waals surface area contributed by atoms with Gasteiger partial charge >= 0.3 is 11.9 Å². The summed E-state index contributed by atoms with van der Waals surface area (Å²) in [6, 6.07) is 26.0. The van der Waals surface area contributed by atoms with E-state index in [2.05, 4.69) is 0 Å².